The summed E-state index contributed by atoms with van der Waals surface area (Å²) in [5.41, 5.74) is 2.20. The minimum atomic E-state index is -0.688. The molecule has 0 aliphatic heterocycles. The average Bonchev–Trinajstić information content (AvgIpc) is 2.50. The second-order valence-electron chi connectivity index (χ2n) is 5.02. The molecule has 0 saturated heterocycles. The van der Waals surface area contributed by atoms with Gasteiger partial charge in [-0.15, -0.1) is 23.2 Å². The molecule has 0 amide bonds. The van der Waals surface area contributed by atoms with Crippen LogP contribution in [0.1, 0.15) is 25.1 Å². The van der Waals surface area contributed by atoms with Crippen LogP contribution in [0, 0.1) is 17.2 Å². The van der Waals surface area contributed by atoms with Crippen molar-refractivity contribution in [3.63, 3.8) is 0 Å². The van der Waals surface area contributed by atoms with Crippen molar-refractivity contribution >= 4 is 28.8 Å². The molecule has 21 heavy (non-hydrogen) atoms. The van der Waals surface area contributed by atoms with Crippen LogP contribution in [0.5, 0.6) is 0 Å². The quantitative estimate of drug-likeness (QED) is 0.786. The van der Waals surface area contributed by atoms with Crippen LogP contribution in [-0.4, -0.2) is 22.3 Å². The van der Waals surface area contributed by atoms with E-state index in [2.05, 4.69) is 4.98 Å². The summed E-state index contributed by atoms with van der Waals surface area (Å²) < 4.78 is 5.46. The third-order valence-electron chi connectivity index (χ3n) is 3.87. The zero-order chi connectivity index (χ0) is 15.6. The predicted octanol–water partition coefficient (Wildman–Crippen LogP) is 4.12. The summed E-state index contributed by atoms with van der Waals surface area (Å²) in [6.45, 7) is 3.89. The van der Waals surface area contributed by atoms with Gasteiger partial charge in [-0.3, -0.25) is 0 Å². The number of hydrogen-bond donors (Lipinski definition) is 0. The largest absolute Gasteiger partial charge is 0.496 e. The fourth-order valence-electron chi connectivity index (χ4n) is 2.54. The Labute approximate surface area is 134 Å². The third kappa shape index (κ3) is 2.79. The van der Waals surface area contributed by atoms with E-state index in [0.717, 1.165) is 16.9 Å². The van der Waals surface area contributed by atoms with E-state index in [1.807, 2.05) is 38.1 Å². The number of aromatic nitrogens is 1. The van der Waals surface area contributed by atoms with E-state index < -0.39 is 4.87 Å². The topological polar surface area (TPSA) is 45.9 Å². The molecule has 0 bridgehead atoms. The molecule has 1 aliphatic rings. The van der Waals surface area contributed by atoms with E-state index in [1.165, 1.54) is 0 Å². The van der Waals surface area contributed by atoms with Crippen LogP contribution >= 0.6 is 23.2 Å². The first-order chi connectivity index (χ1) is 9.93. The van der Waals surface area contributed by atoms with Crippen molar-refractivity contribution in [3.05, 3.63) is 47.5 Å². The Morgan fingerprint density at radius 2 is 2.19 bits per heavy atom. The molecule has 1 aliphatic carbocycles. The molecular formula is C16H16Cl2N2O. The number of rotatable bonds is 3. The molecule has 1 aromatic heterocycles. The molecule has 3 atom stereocenters. The van der Waals surface area contributed by atoms with Crippen molar-refractivity contribution in [1.29, 1.82) is 5.26 Å². The van der Waals surface area contributed by atoms with Gasteiger partial charge in [0.1, 0.15) is 17.5 Å². The number of halogens is 2. The lowest BCUT2D eigenvalue weighted by molar-refractivity contribution is 0.301. The van der Waals surface area contributed by atoms with Gasteiger partial charge >= 0.3 is 0 Å². The van der Waals surface area contributed by atoms with Crippen LogP contribution in [0.15, 0.2) is 36.2 Å². The SMILES string of the molecule is COC1=C(c2ccc(C#N)nc2)C(C)C(Cl)(C(C)Cl)C=C1. The second-order valence-corrected chi connectivity index (χ2v) is 6.33. The van der Waals surface area contributed by atoms with Crippen molar-refractivity contribution in [2.45, 2.75) is 24.1 Å². The highest BCUT2D eigenvalue weighted by Gasteiger charge is 2.42. The molecule has 0 aromatic carbocycles. The lowest BCUT2D eigenvalue weighted by Gasteiger charge is -2.37. The normalized spacial score (nSPS) is 26.4. The number of pyridine rings is 1. The van der Waals surface area contributed by atoms with Gasteiger partial charge in [-0.2, -0.15) is 5.26 Å². The van der Waals surface area contributed by atoms with Gasteiger partial charge in [-0.25, -0.2) is 4.98 Å². The Kier molecular flexibility index (Phi) is 4.61. The van der Waals surface area contributed by atoms with Gasteiger partial charge in [0.25, 0.3) is 0 Å². The van der Waals surface area contributed by atoms with Crippen LogP contribution < -0.4 is 0 Å². The molecule has 0 fully saturated rings. The minimum absolute atomic E-state index is 0.0543. The summed E-state index contributed by atoms with van der Waals surface area (Å²) in [5, 5.41) is 8.60. The molecule has 1 aromatic rings. The van der Waals surface area contributed by atoms with Gasteiger partial charge in [0, 0.05) is 23.3 Å². The number of methoxy groups -OCH3 is 1. The van der Waals surface area contributed by atoms with Gasteiger partial charge in [0.05, 0.1) is 17.4 Å². The monoisotopic (exact) mass is 322 g/mol. The average molecular weight is 323 g/mol. The Morgan fingerprint density at radius 1 is 1.48 bits per heavy atom. The first-order valence-electron chi connectivity index (χ1n) is 6.61. The third-order valence-corrected chi connectivity index (χ3v) is 5.12. The molecule has 0 spiro atoms. The lowest BCUT2D eigenvalue weighted by Crippen LogP contribution is -2.39. The summed E-state index contributed by atoms with van der Waals surface area (Å²) in [4.78, 5) is 3.43. The van der Waals surface area contributed by atoms with Crippen LogP contribution in [0.2, 0.25) is 0 Å². The fourth-order valence-corrected chi connectivity index (χ4v) is 2.97. The summed E-state index contributed by atoms with van der Waals surface area (Å²) in [7, 11) is 1.62. The van der Waals surface area contributed by atoms with Gasteiger partial charge < -0.3 is 4.74 Å². The number of nitrogens with zero attached hydrogens (tertiary/aromatic N) is 2. The Hall–Kier alpha value is -1.50. The minimum Gasteiger partial charge on any atom is -0.496 e. The van der Waals surface area contributed by atoms with E-state index in [1.54, 1.807) is 19.4 Å². The van der Waals surface area contributed by atoms with Gasteiger partial charge in [0.15, 0.2) is 0 Å². The molecule has 3 nitrogen and oxygen atoms in total. The Bertz CT molecular complexity index is 629. The maximum Gasteiger partial charge on any atom is 0.140 e. The smallest absolute Gasteiger partial charge is 0.140 e. The molecule has 0 saturated carbocycles. The zero-order valence-corrected chi connectivity index (χ0v) is 13.6. The highest BCUT2D eigenvalue weighted by molar-refractivity contribution is 6.34. The second kappa shape index (κ2) is 6.09. The van der Waals surface area contributed by atoms with Gasteiger partial charge in [0.2, 0.25) is 0 Å². The zero-order valence-electron chi connectivity index (χ0n) is 12.1. The molecule has 3 unspecified atom stereocenters. The summed E-state index contributed by atoms with van der Waals surface area (Å²) in [6.07, 6.45) is 5.40. The highest BCUT2D eigenvalue weighted by atomic mass is 35.5. The summed E-state index contributed by atoms with van der Waals surface area (Å²) >= 11 is 13.0. The standard InChI is InChI=1S/C16H16Cl2N2O/c1-10-15(12-4-5-13(8-19)20-9-12)14(21-3)6-7-16(10,18)11(2)17/h4-7,9-11H,1-3H3. The first-order valence-corrected chi connectivity index (χ1v) is 7.42. The molecule has 1 heterocycles. The van der Waals surface area contributed by atoms with Gasteiger partial charge in [-0.05, 0) is 19.1 Å². The Morgan fingerprint density at radius 3 is 2.67 bits per heavy atom. The maximum absolute atomic E-state index is 8.85. The van der Waals surface area contributed by atoms with Crippen LogP contribution in [0.3, 0.4) is 0 Å². The Balaban J connectivity index is 2.53. The van der Waals surface area contributed by atoms with Crippen LogP contribution in [0.4, 0.5) is 0 Å². The predicted molar refractivity (Wildman–Crippen MR) is 85.1 cm³/mol. The van der Waals surface area contributed by atoms with E-state index in [9.17, 15) is 0 Å². The van der Waals surface area contributed by atoms with Crippen molar-refractivity contribution in [2.75, 3.05) is 7.11 Å². The summed E-state index contributed by atoms with van der Waals surface area (Å²) in [6, 6.07) is 5.54. The lowest BCUT2D eigenvalue weighted by atomic mass is 9.78. The van der Waals surface area contributed by atoms with E-state index in [0.29, 0.717) is 5.69 Å². The highest BCUT2D eigenvalue weighted by Crippen LogP contribution is 2.46. The van der Waals surface area contributed by atoms with Crippen LogP contribution in [0.25, 0.3) is 5.57 Å². The van der Waals surface area contributed by atoms with E-state index >= 15 is 0 Å². The van der Waals surface area contributed by atoms with Crippen LogP contribution in [-0.2, 0) is 4.74 Å². The maximum atomic E-state index is 8.85. The van der Waals surface area contributed by atoms with Crippen molar-refractivity contribution < 1.29 is 4.74 Å². The molecule has 110 valence electrons. The first kappa shape index (κ1) is 15.9. The van der Waals surface area contributed by atoms with E-state index in [4.69, 9.17) is 33.2 Å². The number of nitriles is 1. The van der Waals surface area contributed by atoms with E-state index in [-0.39, 0.29) is 11.3 Å². The van der Waals surface area contributed by atoms with Crippen molar-refractivity contribution in [3.8, 4) is 6.07 Å². The van der Waals surface area contributed by atoms with Gasteiger partial charge in [-0.1, -0.05) is 19.1 Å². The molecule has 2 rings (SSSR count). The fraction of sp³-hybridized carbons (Fsp3) is 0.375. The number of ether oxygens (including phenoxy) is 1. The van der Waals surface area contributed by atoms with Crippen molar-refractivity contribution in [1.82, 2.24) is 4.98 Å². The van der Waals surface area contributed by atoms with Crippen molar-refractivity contribution in [2.24, 2.45) is 5.92 Å². The molecular weight excluding hydrogens is 307 g/mol. The number of allylic oxidation sites excluding steroid dienone is 3. The summed E-state index contributed by atoms with van der Waals surface area (Å²) in [5.74, 6) is 0.684. The molecule has 0 radical (unpaired) electrons. The number of hydrogen-bond acceptors (Lipinski definition) is 3. The molecule has 5 heteroatoms. The number of alkyl halides is 2. The molecule has 0 N–H and O–H groups in total.